The summed E-state index contributed by atoms with van der Waals surface area (Å²) in [5.74, 6) is -0.217. The lowest BCUT2D eigenvalue weighted by atomic mass is 9.95. The fourth-order valence-corrected chi connectivity index (χ4v) is 3.54. The van der Waals surface area contributed by atoms with Gasteiger partial charge in [-0.15, -0.1) is 0 Å². The summed E-state index contributed by atoms with van der Waals surface area (Å²) in [7, 11) is 0. The highest BCUT2D eigenvalue weighted by atomic mass is 35.5. The van der Waals surface area contributed by atoms with Gasteiger partial charge in [0.1, 0.15) is 0 Å². The van der Waals surface area contributed by atoms with Gasteiger partial charge in [0.15, 0.2) is 0 Å². The summed E-state index contributed by atoms with van der Waals surface area (Å²) in [6, 6.07) is 11.4. The van der Waals surface area contributed by atoms with E-state index in [1.54, 1.807) is 42.5 Å². The number of hydrogen-bond acceptors (Lipinski definition) is 2. The first kappa shape index (κ1) is 19.5. The molecule has 0 unspecified atom stereocenters. The molecule has 0 atom stereocenters. The van der Waals surface area contributed by atoms with E-state index >= 15 is 0 Å². The molecule has 2 aromatic rings. The maximum Gasteiger partial charge on any atom is 0.323 e. The molecule has 1 saturated carbocycles. The van der Waals surface area contributed by atoms with E-state index in [0.29, 0.717) is 27.0 Å². The Morgan fingerprint density at radius 2 is 1.59 bits per heavy atom. The number of rotatable bonds is 4. The van der Waals surface area contributed by atoms with Gasteiger partial charge in [0, 0.05) is 22.4 Å². The number of halogens is 2. The van der Waals surface area contributed by atoms with Crippen molar-refractivity contribution in [2.45, 2.75) is 38.1 Å². The van der Waals surface area contributed by atoms with Gasteiger partial charge in [-0.3, -0.25) is 4.79 Å². The smallest absolute Gasteiger partial charge is 0.323 e. The minimum Gasteiger partial charge on any atom is -0.349 e. The summed E-state index contributed by atoms with van der Waals surface area (Å²) in [5, 5.41) is 9.31. The van der Waals surface area contributed by atoms with E-state index in [0.717, 1.165) is 25.7 Å². The van der Waals surface area contributed by atoms with Gasteiger partial charge >= 0.3 is 6.03 Å². The molecule has 27 heavy (non-hydrogen) atoms. The third-order valence-electron chi connectivity index (χ3n) is 4.49. The second-order valence-corrected chi connectivity index (χ2v) is 7.44. The van der Waals surface area contributed by atoms with Crippen LogP contribution in [0, 0.1) is 0 Å². The summed E-state index contributed by atoms with van der Waals surface area (Å²) in [4.78, 5) is 24.7. The number of carbonyl (C=O) groups is 2. The van der Waals surface area contributed by atoms with Crippen LogP contribution in [0.1, 0.15) is 42.5 Å². The van der Waals surface area contributed by atoms with Crippen LogP contribution in [0.3, 0.4) is 0 Å². The molecule has 1 aliphatic carbocycles. The highest BCUT2D eigenvalue weighted by Gasteiger charge is 2.19. The van der Waals surface area contributed by atoms with Crippen LogP contribution >= 0.6 is 23.2 Å². The number of hydrogen-bond donors (Lipinski definition) is 3. The molecule has 7 heteroatoms. The van der Waals surface area contributed by atoms with Crippen LogP contribution in [-0.2, 0) is 0 Å². The van der Waals surface area contributed by atoms with Crippen molar-refractivity contribution in [3.8, 4) is 0 Å². The lowest BCUT2D eigenvalue weighted by Gasteiger charge is -2.23. The number of carbonyl (C=O) groups excluding carboxylic acids is 2. The average Bonchev–Trinajstić information content (AvgIpc) is 2.64. The molecule has 0 aromatic heterocycles. The molecule has 1 fully saturated rings. The van der Waals surface area contributed by atoms with E-state index in [9.17, 15) is 9.59 Å². The molecule has 0 heterocycles. The third kappa shape index (κ3) is 5.62. The minimum atomic E-state index is -0.432. The molecule has 142 valence electrons. The van der Waals surface area contributed by atoms with Crippen molar-refractivity contribution >= 4 is 46.5 Å². The molecule has 3 rings (SSSR count). The third-order valence-corrected chi connectivity index (χ3v) is 5.06. The summed E-state index contributed by atoms with van der Waals surface area (Å²) < 4.78 is 0. The van der Waals surface area contributed by atoms with Crippen LogP contribution in [0.5, 0.6) is 0 Å². The first-order chi connectivity index (χ1) is 13.0. The van der Waals surface area contributed by atoms with Gasteiger partial charge in [0.05, 0.1) is 10.6 Å². The van der Waals surface area contributed by atoms with E-state index in [1.807, 2.05) is 0 Å². The highest BCUT2D eigenvalue weighted by molar-refractivity contribution is 6.34. The summed E-state index contributed by atoms with van der Waals surface area (Å²) >= 11 is 12.1. The van der Waals surface area contributed by atoms with Crippen molar-refractivity contribution in [2.75, 3.05) is 10.6 Å². The molecule has 0 radical (unpaired) electrons. The maximum absolute atomic E-state index is 12.6. The van der Waals surface area contributed by atoms with Crippen LogP contribution in [0.4, 0.5) is 16.2 Å². The summed E-state index contributed by atoms with van der Waals surface area (Å²) in [5.41, 5.74) is 1.40. The van der Waals surface area contributed by atoms with Crippen molar-refractivity contribution < 1.29 is 9.59 Å². The van der Waals surface area contributed by atoms with E-state index in [1.165, 1.54) is 6.42 Å². The minimum absolute atomic E-state index is 0.185. The number of urea groups is 1. The lowest BCUT2D eigenvalue weighted by Crippen LogP contribution is -2.36. The van der Waals surface area contributed by atoms with Crippen molar-refractivity contribution in [1.29, 1.82) is 0 Å². The van der Waals surface area contributed by atoms with Crippen LogP contribution in [0.2, 0.25) is 10.0 Å². The van der Waals surface area contributed by atoms with E-state index in [2.05, 4.69) is 16.0 Å². The number of amides is 3. The molecule has 3 N–H and O–H groups in total. The fraction of sp³-hybridized carbons (Fsp3) is 0.300. The van der Waals surface area contributed by atoms with Gasteiger partial charge in [0.2, 0.25) is 0 Å². The van der Waals surface area contributed by atoms with Crippen molar-refractivity contribution in [3.63, 3.8) is 0 Å². The topological polar surface area (TPSA) is 70.2 Å². The summed E-state index contributed by atoms with van der Waals surface area (Å²) in [6.45, 7) is 0. The SMILES string of the molecule is O=C(Nc1cccc(Cl)c1)Nc1ccc(Cl)c(C(=O)NC2CCCCC2)c1. The van der Waals surface area contributed by atoms with Gasteiger partial charge < -0.3 is 16.0 Å². The lowest BCUT2D eigenvalue weighted by molar-refractivity contribution is 0.0928. The zero-order chi connectivity index (χ0) is 19.2. The van der Waals surface area contributed by atoms with Gasteiger partial charge in [-0.1, -0.05) is 48.5 Å². The molecule has 0 spiro atoms. The predicted molar refractivity (Wildman–Crippen MR) is 110 cm³/mol. The Morgan fingerprint density at radius 1 is 0.889 bits per heavy atom. The molecule has 0 bridgehead atoms. The number of benzene rings is 2. The van der Waals surface area contributed by atoms with Gasteiger partial charge in [-0.25, -0.2) is 4.79 Å². The van der Waals surface area contributed by atoms with Gasteiger partial charge in [0.25, 0.3) is 5.91 Å². The highest BCUT2D eigenvalue weighted by Crippen LogP contribution is 2.23. The second-order valence-electron chi connectivity index (χ2n) is 6.59. The maximum atomic E-state index is 12.6. The molecular weight excluding hydrogens is 385 g/mol. The van der Waals surface area contributed by atoms with Crippen molar-refractivity contribution in [3.05, 3.63) is 58.1 Å². The zero-order valence-electron chi connectivity index (χ0n) is 14.7. The van der Waals surface area contributed by atoms with Crippen molar-refractivity contribution in [1.82, 2.24) is 5.32 Å². The number of anilines is 2. The zero-order valence-corrected chi connectivity index (χ0v) is 16.2. The Kier molecular flexibility index (Phi) is 6.58. The summed E-state index contributed by atoms with van der Waals surface area (Å²) in [6.07, 6.45) is 5.45. The Morgan fingerprint density at radius 3 is 2.30 bits per heavy atom. The normalized spacial score (nSPS) is 14.4. The van der Waals surface area contributed by atoms with E-state index in [-0.39, 0.29) is 11.9 Å². The first-order valence-corrected chi connectivity index (χ1v) is 9.71. The second kappa shape index (κ2) is 9.11. The molecule has 0 saturated heterocycles. The van der Waals surface area contributed by atoms with Gasteiger partial charge in [-0.2, -0.15) is 0 Å². The van der Waals surface area contributed by atoms with Crippen LogP contribution in [0.15, 0.2) is 42.5 Å². The van der Waals surface area contributed by atoms with Crippen LogP contribution in [0.25, 0.3) is 0 Å². The molecule has 3 amide bonds. The molecule has 5 nitrogen and oxygen atoms in total. The van der Waals surface area contributed by atoms with E-state index in [4.69, 9.17) is 23.2 Å². The fourth-order valence-electron chi connectivity index (χ4n) is 3.15. The Hall–Kier alpha value is -2.24. The Bertz CT molecular complexity index is 836. The van der Waals surface area contributed by atoms with Crippen LogP contribution in [-0.4, -0.2) is 18.0 Å². The largest absolute Gasteiger partial charge is 0.349 e. The molecule has 2 aromatic carbocycles. The predicted octanol–water partition coefficient (Wildman–Crippen LogP) is 5.70. The number of nitrogens with one attached hydrogen (secondary N) is 3. The van der Waals surface area contributed by atoms with Gasteiger partial charge in [-0.05, 0) is 49.2 Å². The average molecular weight is 406 g/mol. The quantitative estimate of drug-likeness (QED) is 0.610. The van der Waals surface area contributed by atoms with Crippen LogP contribution < -0.4 is 16.0 Å². The monoisotopic (exact) mass is 405 g/mol. The Balaban J connectivity index is 1.65. The molecular formula is C20H21Cl2N3O2. The van der Waals surface area contributed by atoms with Crippen molar-refractivity contribution in [2.24, 2.45) is 0 Å². The van der Waals surface area contributed by atoms with E-state index < -0.39 is 6.03 Å². The molecule has 0 aliphatic heterocycles. The Labute approximate surface area is 168 Å². The standard InChI is InChI=1S/C20H21Cl2N3O2/c21-13-5-4-8-15(11-13)24-20(27)25-16-9-10-18(22)17(12-16)19(26)23-14-6-2-1-3-7-14/h4-5,8-12,14H,1-3,6-7H2,(H,23,26)(H2,24,25,27). The first-order valence-electron chi connectivity index (χ1n) is 8.95. The molecule has 1 aliphatic rings.